The van der Waals surface area contributed by atoms with Gasteiger partial charge in [-0.15, -0.1) is 23.2 Å². The topological polar surface area (TPSA) is 58.6 Å². The Bertz CT molecular complexity index is 563. The van der Waals surface area contributed by atoms with E-state index in [0.29, 0.717) is 25.2 Å². The molecule has 1 saturated carbocycles. The van der Waals surface area contributed by atoms with Crippen LogP contribution in [0.1, 0.15) is 46.0 Å². The monoisotopic (exact) mass is 437 g/mol. The van der Waals surface area contributed by atoms with Crippen LogP contribution in [-0.4, -0.2) is 53.5 Å². The minimum atomic E-state index is -2.81. The minimum Gasteiger partial charge on any atom is -0.391 e. The van der Waals surface area contributed by atoms with Crippen LogP contribution >= 0.6 is 30.6 Å². The molecule has 156 valence electrons. The van der Waals surface area contributed by atoms with E-state index in [-0.39, 0.29) is 23.0 Å². The third-order valence-electron chi connectivity index (χ3n) is 5.40. The lowest BCUT2D eigenvalue weighted by Crippen LogP contribution is -2.37. The fourth-order valence-corrected chi connectivity index (χ4v) is 7.05. The average molecular weight is 438 g/mol. The molecule has 0 aromatic rings. The second kappa shape index (κ2) is 11.4. The van der Waals surface area contributed by atoms with Crippen LogP contribution < -0.4 is 5.32 Å². The van der Waals surface area contributed by atoms with E-state index in [1.807, 2.05) is 32.1 Å². The summed E-state index contributed by atoms with van der Waals surface area (Å²) in [5.74, 6) is 0.469. The summed E-state index contributed by atoms with van der Waals surface area (Å²) < 4.78 is 18.9. The molecule has 2 rings (SSSR count). The molecule has 0 amide bonds. The first kappa shape index (κ1) is 23.4. The predicted molar refractivity (Wildman–Crippen MR) is 116 cm³/mol. The molecule has 2 aliphatic carbocycles. The molecule has 2 N–H and O–H groups in total. The van der Waals surface area contributed by atoms with Gasteiger partial charge in [-0.2, -0.15) is 0 Å². The van der Waals surface area contributed by atoms with Crippen molar-refractivity contribution in [3.63, 3.8) is 0 Å². The van der Waals surface area contributed by atoms with E-state index in [1.54, 1.807) is 0 Å². The second-order valence-electron chi connectivity index (χ2n) is 7.80. The molecule has 0 radical (unpaired) electrons. The Labute approximate surface area is 174 Å². The summed E-state index contributed by atoms with van der Waals surface area (Å²) >= 11 is 12.3. The maximum atomic E-state index is 13.3. The van der Waals surface area contributed by atoms with Gasteiger partial charge in [-0.1, -0.05) is 37.5 Å². The van der Waals surface area contributed by atoms with Gasteiger partial charge < -0.3 is 14.9 Å². The molecule has 3 unspecified atom stereocenters. The van der Waals surface area contributed by atoms with Gasteiger partial charge in [-0.3, -0.25) is 4.57 Å². The Hall–Kier alpha value is 0.170. The fourth-order valence-electron chi connectivity index (χ4n) is 3.92. The van der Waals surface area contributed by atoms with Crippen LogP contribution in [0.4, 0.5) is 0 Å². The van der Waals surface area contributed by atoms with Gasteiger partial charge in [0.1, 0.15) is 0 Å². The highest BCUT2D eigenvalue weighted by molar-refractivity contribution is 7.59. The smallest absolute Gasteiger partial charge is 0.206 e. The van der Waals surface area contributed by atoms with Crippen molar-refractivity contribution in [3.8, 4) is 0 Å². The summed E-state index contributed by atoms with van der Waals surface area (Å²) in [5, 5.41) is 13.4. The number of aliphatic hydroxyl groups is 1. The van der Waals surface area contributed by atoms with Crippen molar-refractivity contribution in [3.05, 3.63) is 23.8 Å². The van der Waals surface area contributed by atoms with Crippen LogP contribution in [0.15, 0.2) is 23.8 Å². The summed E-state index contributed by atoms with van der Waals surface area (Å²) in [6, 6.07) is 0.0335. The summed E-state index contributed by atoms with van der Waals surface area (Å²) in [6.07, 6.45) is 11.9. The van der Waals surface area contributed by atoms with Crippen molar-refractivity contribution in [1.29, 1.82) is 0 Å². The number of hydrogen-bond acceptors (Lipinski definition) is 4. The maximum Gasteiger partial charge on any atom is 0.206 e. The van der Waals surface area contributed by atoms with Crippen LogP contribution in [0.3, 0.4) is 0 Å². The zero-order valence-electron chi connectivity index (χ0n) is 16.4. The minimum absolute atomic E-state index is 0.0335. The molecule has 7 heteroatoms. The zero-order valence-corrected chi connectivity index (χ0v) is 18.9. The zero-order chi connectivity index (χ0) is 19.9. The Morgan fingerprint density at radius 2 is 2.00 bits per heavy atom. The average Bonchev–Trinajstić information content (AvgIpc) is 2.62. The van der Waals surface area contributed by atoms with Crippen molar-refractivity contribution in [2.24, 2.45) is 5.92 Å². The molecule has 0 heterocycles. The van der Waals surface area contributed by atoms with Gasteiger partial charge in [0.15, 0.2) is 0 Å². The SMILES string of the molecule is CCOP(=O)(CC1CCCCC1)C[C@@H](O)CN[C@@H](C)C1=CC(Cl)C(Cl)C=C1. The van der Waals surface area contributed by atoms with Crippen LogP contribution in [0, 0.1) is 5.92 Å². The van der Waals surface area contributed by atoms with E-state index in [2.05, 4.69) is 5.32 Å². The van der Waals surface area contributed by atoms with Gasteiger partial charge in [0.2, 0.25) is 7.37 Å². The first-order chi connectivity index (χ1) is 12.8. The molecule has 0 spiro atoms. The Balaban J connectivity index is 1.84. The quantitative estimate of drug-likeness (QED) is 0.375. The molecule has 27 heavy (non-hydrogen) atoms. The number of aliphatic hydroxyl groups excluding tert-OH is 1. The highest BCUT2D eigenvalue weighted by Crippen LogP contribution is 2.51. The van der Waals surface area contributed by atoms with E-state index in [9.17, 15) is 9.67 Å². The molecule has 1 fully saturated rings. The summed E-state index contributed by atoms with van der Waals surface area (Å²) in [5.41, 5.74) is 1.05. The highest BCUT2D eigenvalue weighted by Gasteiger charge is 2.31. The van der Waals surface area contributed by atoms with Crippen LogP contribution in [-0.2, 0) is 9.09 Å². The largest absolute Gasteiger partial charge is 0.391 e. The first-order valence-electron chi connectivity index (χ1n) is 10.1. The van der Waals surface area contributed by atoms with Crippen molar-refractivity contribution in [2.45, 2.75) is 68.9 Å². The fraction of sp³-hybridized carbons (Fsp3) is 0.800. The Morgan fingerprint density at radius 3 is 2.63 bits per heavy atom. The number of nitrogens with one attached hydrogen (secondary N) is 1. The van der Waals surface area contributed by atoms with E-state index in [0.717, 1.165) is 18.4 Å². The van der Waals surface area contributed by atoms with Gasteiger partial charge in [-0.05, 0) is 38.2 Å². The lowest BCUT2D eigenvalue weighted by atomic mass is 9.91. The molecular weight excluding hydrogens is 404 g/mol. The Kier molecular flexibility index (Phi) is 9.88. The first-order valence-corrected chi connectivity index (χ1v) is 13.0. The van der Waals surface area contributed by atoms with E-state index >= 15 is 0 Å². The van der Waals surface area contributed by atoms with E-state index in [1.165, 1.54) is 19.3 Å². The maximum absolute atomic E-state index is 13.3. The third-order valence-corrected chi connectivity index (χ3v) is 9.13. The molecule has 0 aromatic carbocycles. The van der Waals surface area contributed by atoms with Crippen LogP contribution in [0.25, 0.3) is 0 Å². The number of allylic oxidation sites excluding steroid dienone is 2. The lowest BCUT2D eigenvalue weighted by Gasteiger charge is -2.28. The van der Waals surface area contributed by atoms with Crippen LogP contribution in [0.5, 0.6) is 0 Å². The molecule has 2 aliphatic rings. The summed E-state index contributed by atoms with van der Waals surface area (Å²) in [7, 11) is -2.81. The number of alkyl halides is 2. The second-order valence-corrected chi connectivity index (χ2v) is 11.4. The van der Waals surface area contributed by atoms with Gasteiger partial charge in [-0.25, -0.2) is 0 Å². The van der Waals surface area contributed by atoms with Crippen molar-refractivity contribution >= 4 is 30.6 Å². The molecule has 0 aliphatic heterocycles. The number of hydrogen-bond donors (Lipinski definition) is 2. The van der Waals surface area contributed by atoms with Crippen LogP contribution in [0.2, 0.25) is 0 Å². The van der Waals surface area contributed by atoms with E-state index < -0.39 is 13.5 Å². The molecule has 0 saturated heterocycles. The molecular formula is C20H34Cl2NO3P. The molecule has 0 aromatic heterocycles. The summed E-state index contributed by atoms with van der Waals surface area (Å²) in [4.78, 5) is 0. The standard InChI is InChI=1S/C20H34Cl2NO3P/c1-3-26-27(25,13-16-7-5-4-6-8-16)14-18(24)12-23-15(2)17-9-10-19(21)20(22)11-17/h9-11,15-16,18-20,23-24H,3-8,12-14H2,1-2H3/t15-,18-,19?,20?,27?/m0/s1. The van der Waals surface area contributed by atoms with Crippen molar-refractivity contribution in [1.82, 2.24) is 5.32 Å². The molecule has 5 atom stereocenters. The van der Waals surface area contributed by atoms with Gasteiger partial charge in [0.05, 0.1) is 29.6 Å². The number of halogens is 2. The van der Waals surface area contributed by atoms with E-state index in [4.69, 9.17) is 27.7 Å². The molecule has 0 bridgehead atoms. The third kappa shape index (κ3) is 7.84. The summed E-state index contributed by atoms with van der Waals surface area (Å²) in [6.45, 7) is 4.68. The van der Waals surface area contributed by atoms with Gasteiger partial charge in [0, 0.05) is 18.7 Å². The van der Waals surface area contributed by atoms with Gasteiger partial charge in [0.25, 0.3) is 0 Å². The predicted octanol–water partition coefficient (Wildman–Crippen LogP) is 4.93. The Morgan fingerprint density at radius 1 is 1.30 bits per heavy atom. The lowest BCUT2D eigenvalue weighted by molar-refractivity contribution is 0.184. The van der Waals surface area contributed by atoms with Gasteiger partial charge >= 0.3 is 0 Å². The normalized spacial score (nSPS) is 28.4. The molecule has 4 nitrogen and oxygen atoms in total. The highest BCUT2D eigenvalue weighted by atomic mass is 35.5. The number of rotatable bonds is 10. The van der Waals surface area contributed by atoms with Crippen molar-refractivity contribution < 1.29 is 14.2 Å². The van der Waals surface area contributed by atoms with Crippen molar-refractivity contribution in [2.75, 3.05) is 25.5 Å².